The van der Waals surface area contributed by atoms with E-state index >= 15 is 0 Å². The first kappa shape index (κ1) is 31.9. The maximum absolute atomic E-state index is 13.2. The quantitative estimate of drug-likeness (QED) is 0.148. The van der Waals surface area contributed by atoms with Crippen LogP contribution < -0.4 is 20.7 Å². The van der Waals surface area contributed by atoms with Crippen LogP contribution in [0.5, 0.6) is 5.75 Å². The molecule has 1 heterocycles. The first-order valence-electron chi connectivity index (χ1n) is 12.5. The number of carbonyl (C=O) groups excluding carboxylic acids is 2. The van der Waals surface area contributed by atoms with E-state index in [1.165, 1.54) is 0 Å². The summed E-state index contributed by atoms with van der Waals surface area (Å²) in [5.74, 6) is -1.08. The van der Waals surface area contributed by atoms with Crippen LogP contribution in [-0.2, 0) is 19.1 Å². The Labute approximate surface area is 233 Å². The number of hydrogen-bond acceptors (Lipinski definition) is 10. The van der Waals surface area contributed by atoms with Crippen molar-refractivity contribution < 1.29 is 34.0 Å². The zero-order valence-electron chi connectivity index (χ0n) is 21.9. The molecule has 1 unspecified atom stereocenters. The number of benzene rings is 1. The summed E-state index contributed by atoms with van der Waals surface area (Å²) in [4.78, 5) is 26.1. The average Bonchev–Trinajstić information content (AvgIpc) is 2.85. The van der Waals surface area contributed by atoms with Gasteiger partial charge in [-0.2, -0.15) is 0 Å². The fourth-order valence-corrected chi connectivity index (χ4v) is 4.27. The smallest absolute Gasteiger partial charge is 0.336 e. The number of allylic oxidation sites excluding steroid dienone is 2. The lowest BCUT2D eigenvalue weighted by Gasteiger charge is -2.29. The van der Waals surface area contributed by atoms with E-state index in [0.717, 1.165) is 0 Å². The predicted molar refractivity (Wildman–Crippen MR) is 145 cm³/mol. The number of aliphatic hydroxyl groups is 2. The zero-order valence-corrected chi connectivity index (χ0v) is 23.5. The Morgan fingerprint density at radius 2 is 1.58 bits per heavy atom. The van der Waals surface area contributed by atoms with Crippen molar-refractivity contribution in [1.29, 1.82) is 0 Å². The van der Waals surface area contributed by atoms with Crippen LogP contribution >= 0.6 is 23.2 Å². The summed E-state index contributed by atoms with van der Waals surface area (Å²) in [6.07, 6.45) is -0.0983. The van der Waals surface area contributed by atoms with E-state index in [4.69, 9.17) is 47.6 Å². The molecule has 0 bridgehead atoms. The molecule has 12 heteroatoms. The summed E-state index contributed by atoms with van der Waals surface area (Å²) in [6.45, 7) is 6.94. The Balaban J connectivity index is 1.94. The molecule has 1 aliphatic heterocycles. The third-order valence-corrected chi connectivity index (χ3v) is 6.50. The molecule has 38 heavy (non-hydrogen) atoms. The number of aliphatic hydroxyl groups excluding tert-OH is 2. The lowest BCUT2D eigenvalue weighted by Crippen LogP contribution is -2.42. The molecule has 0 spiro atoms. The van der Waals surface area contributed by atoms with Crippen molar-refractivity contribution in [3.63, 3.8) is 0 Å². The third-order valence-electron chi connectivity index (χ3n) is 5.77. The van der Waals surface area contributed by atoms with Gasteiger partial charge in [-0.3, -0.25) is 0 Å². The van der Waals surface area contributed by atoms with E-state index in [-0.39, 0.29) is 19.8 Å². The van der Waals surface area contributed by atoms with Crippen LogP contribution in [0.15, 0.2) is 40.7 Å². The monoisotopic (exact) mass is 573 g/mol. The molecule has 1 aliphatic rings. The normalized spacial score (nSPS) is 15.5. The number of hydrogen-bond donors (Lipinski definition) is 5. The van der Waals surface area contributed by atoms with Crippen molar-refractivity contribution in [2.45, 2.75) is 33.3 Å². The van der Waals surface area contributed by atoms with Crippen LogP contribution in [0.1, 0.15) is 27.2 Å². The van der Waals surface area contributed by atoms with Gasteiger partial charge in [0.1, 0.15) is 11.9 Å². The van der Waals surface area contributed by atoms with Gasteiger partial charge in [0.15, 0.2) is 0 Å². The first-order valence-corrected chi connectivity index (χ1v) is 13.2. The van der Waals surface area contributed by atoms with E-state index in [2.05, 4.69) is 16.0 Å². The van der Waals surface area contributed by atoms with Crippen molar-refractivity contribution in [2.75, 3.05) is 52.6 Å². The summed E-state index contributed by atoms with van der Waals surface area (Å²) >= 11 is 11.9. The van der Waals surface area contributed by atoms with Gasteiger partial charge >= 0.3 is 11.9 Å². The van der Waals surface area contributed by atoms with Gasteiger partial charge in [0.2, 0.25) is 0 Å². The minimum Gasteiger partial charge on any atom is -0.493 e. The van der Waals surface area contributed by atoms with Crippen LogP contribution in [0.4, 0.5) is 0 Å². The molecule has 0 radical (unpaired) electrons. The molecule has 2 rings (SSSR count). The average molecular weight is 575 g/mol. The number of esters is 2. The zero-order chi connectivity index (χ0) is 28.1. The summed E-state index contributed by atoms with van der Waals surface area (Å²) < 4.78 is 16.8. The molecule has 0 saturated carbocycles. The summed E-state index contributed by atoms with van der Waals surface area (Å²) in [7, 11) is 0. The molecule has 0 aliphatic carbocycles. The van der Waals surface area contributed by atoms with Crippen LogP contribution in [0.2, 0.25) is 10.0 Å². The number of nitrogens with one attached hydrogen (secondary N) is 3. The molecule has 0 aromatic heterocycles. The molecule has 0 amide bonds. The number of carbonyl (C=O) groups is 2. The van der Waals surface area contributed by atoms with Gasteiger partial charge in [-0.1, -0.05) is 30.1 Å². The Morgan fingerprint density at radius 3 is 2.16 bits per heavy atom. The van der Waals surface area contributed by atoms with Gasteiger partial charge in [-0.15, -0.1) is 0 Å². The van der Waals surface area contributed by atoms with Gasteiger partial charge < -0.3 is 40.4 Å². The molecule has 0 saturated heterocycles. The largest absolute Gasteiger partial charge is 0.493 e. The summed E-state index contributed by atoms with van der Waals surface area (Å²) in [5, 5.41) is 28.0. The molecule has 1 atom stereocenters. The Hall–Kier alpha value is -2.34. The van der Waals surface area contributed by atoms with Gasteiger partial charge in [0.25, 0.3) is 0 Å². The maximum Gasteiger partial charge on any atom is 0.336 e. The number of ether oxygens (including phenoxy) is 3. The fraction of sp³-hybridized carbons (Fsp3) is 0.538. The van der Waals surface area contributed by atoms with Gasteiger partial charge in [-0.25, -0.2) is 9.59 Å². The Morgan fingerprint density at radius 1 is 0.974 bits per heavy atom. The molecule has 10 nitrogen and oxygen atoms in total. The van der Waals surface area contributed by atoms with Crippen molar-refractivity contribution in [3.8, 4) is 5.75 Å². The van der Waals surface area contributed by atoms with Crippen molar-refractivity contribution in [2.24, 2.45) is 5.92 Å². The van der Waals surface area contributed by atoms with Crippen LogP contribution in [-0.4, -0.2) is 80.9 Å². The van der Waals surface area contributed by atoms with Gasteiger partial charge in [-0.05, 0) is 26.0 Å². The van der Waals surface area contributed by atoms with Gasteiger partial charge in [0.05, 0.1) is 47.6 Å². The lowest BCUT2D eigenvalue weighted by atomic mass is 9.87. The maximum atomic E-state index is 13.2. The highest BCUT2D eigenvalue weighted by Gasteiger charge is 2.34. The van der Waals surface area contributed by atoms with E-state index in [1.54, 1.807) is 39.0 Å². The highest BCUT2D eigenvalue weighted by molar-refractivity contribution is 6.42. The highest BCUT2D eigenvalue weighted by Crippen LogP contribution is 2.31. The molecule has 1 aromatic rings. The van der Waals surface area contributed by atoms with Crippen LogP contribution in [0.3, 0.4) is 0 Å². The second kappa shape index (κ2) is 16.6. The van der Waals surface area contributed by atoms with E-state index in [9.17, 15) is 9.59 Å². The molecule has 0 fully saturated rings. The Bertz CT molecular complexity index is 1010. The summed E-state index contributed by atoms with van der Waals surface area (Å²) in [5.41, 5.74) is 1.88. The molecular formula is C26H37Cl2N3O7. The van der Waals surface area contributed by atoms with E-state index < -0.39 is 24.0 Å². The molecular weight excluding hydrogens is 537 g/mol. The minimum atomic E-state index is -0.558. The van der Waals surface area contributed by atoms with Crippen molar-refractivity contribution in [3.05, 3.63) is 50.8 Å². The standard InChI is InChI=1S/C26H37Cl2N3O7/c1-16-23(25(34)37-12-4-11-36-19-5-6-21(27)22(28)13-19)17(2)31-18(3)24(16)26(35)38-20(14-29-7-9-32)15-30-8-10-33/h5-6,13,16,20,29-33H,4,7-12,14-15H2,1-3H3. The third kappa shape index (κ3) is 9.76. The second-order valence-electron chi connectivity index (χ2n) is 8.72. The van der Waals surface area contributed by atoms with Crippen molar-refractivity contribution >= 4 is 35.1 Å². The first-order chi connectivity index (χ1) is 18.2. The molecule has 1 aromatic carbocycles. The minimum absolute atomic E-state index is 0.0485. The van der Waals surface area contributed by atoms with E-state index in [0.29, 0.717) is 77.5 Å². The molecule has 5 N–H and O–H groups in total. The van der Waals surface area contributed by atoms with Gasteiger partial charge in [0, 0.05) is 56.0 Å². The van der Waals surface area contributed by atoms with Crippen LogP contribution in [0, 0.1) is 5.92 Å². The number of dihydropyridines is 1. The van der Waals surface area contributed by atoms with Crippen LogP contribution in [0.25, 0.3) is 0 Å². The second-order valence-corrected chi connectivity index (χ2v) is 9.54. The lowest BCUT2D eigenvalue weighted by molar-refractivity contribution is -0.144. The predicted octanol–water partition coefficient (Wildman–Crippen LogP) is 2.17. The Kier molecular flexibility index (Phi) is 13.9. The fourth-order valence-electron chi connectivity index (χ4n) is 3.98. The van der Waals surface area contributed by atoms with E-state index in [1.807, 2.05) is 0 Å². The highest BCUT2D eigenvalue weighted by atomic mass is 35.5. The summed E-state index contributed by atoms with van der Waals surface area (Å²) in [6, 6.07) is 4.96. The van der Waals surface area contributed by atoms with Crippen molar-refractivity contribution in [1.82, 2.24) is 16.0 Å². The number of halogens is 2. The topological polar surface area (TPSA) is 138 Å². The number of rotatable bonds is 16. The SMILES string of the molecule is CC1=C(C(=O)OCCCOc2ccc(Cl)c(Cl)c2)C(C)C(C(=O)OC(CNCCO)CNCCO)=C(C)N1. The molecule has 212 valence electrons.